The lowest BCUT2D eigenvalue weighted by molar-refractivity contribution is 0.454. The van der Waals surface area contributed by atoms with Gasteiger partial charge in [0, 0.05) is 15.9 Å². The Labute approximate surface area is 113 Å². The van der Waals surface area contributed by atoms with Crippen LogP contribution in [0.4, 0.5) is 0 Å². The van der Waals surface area contributed by atoms with Crippen molar-refractivity contribution < 1.29 is 4.42 Å². The van der Waals surface area contributed by atoms with Crippen LogP contribution in [0.1, 0.15) is 11.3 Å². The third-order valence-electron chi connectivity index (χ3n) is 2.19. The molecule has 0 bridgehead atoms. The van der Waals surface area contributed by atoms with E-state index in [1.165, 1.54) is 17.3 Å². The first kappa shape index (κ1) is 12.7. The van der Waals surface area contributed by atoms with Crippen molar-refractivity contribution in [2.75, 3.05) is 7.05 Å². The van der Waals surface area contributed by atoms with Crippen LogP contribution >= 0.6 is 27.7 Å². The van der Waals surface area contributed by atoms with Crippen LogP contribution in [0.2, 0.25) is 0 Å². The van der Waals surface area contributed by atoms with E-state index in [0.717, 1.165) is 21.6 Å². The van der Waals surface area contributed by atoms with Crippen molar-refractivity contribution in [3.8, 4) is 0 Å². The molecule has 1 aromatic heterocycles. The van der Waals surface area contributed by atoms with Crippen LogP contribution in [0.25, 0.3) is 0 Å². The maximum Gasteiger partial charge on any atom is 0.260 e. The molecule has 0 saturated carbocycles. The molecule has 0 unspecified atom stereocenters. The van der Waals surface area contributed by atoms with Gasteiger partial charge in [-0.15, -0.1) is 0 Å². The lowest BCUT2D eigenvalue weighted by Gasteiger charge is -2.05. The molecule has 3 nitrogen and oxygen atoms in total. The second kappa shape index (κ2) is 5.71. The standard InChI is InChI=1S/C12H13BrN2OS/c1-8-7-16-12(15-8)17-10-4-3-9(6-14-2)11(13)5-10/h3-5,7,14H,6H2,1-2H3. The van der Waals surface area contributed by atoms with Gasteiger partial charge in [0.15, 0.2) is 0 Å². The first-order valence-corrected chi connectivity index (χ1v) is 6.83. The van der Waals surface area contributed by atoms with E-state index in [2.05, 4.69) is 44.4 Å². The average Bonchev–Trinajstić information content (AvgIpc) is 2.68. The molecule has 90 valence electrons. The molecule has 0 aliphatic carbocycles. The summed E-state index contributed by atoms with van der Waals surface area (Å²) in [5.74, 6) is 0. The summed E-state index contributed by atoms with van der Waals surface area (Å²) in [5, 5.41) is 3.81. The molecule has 1 N–H and O–H groups in total. The van der Waals surface area contributed by atoms with E-state index in [0.29, 0.717) is 5.22 Å². The first-order valence-electron chi connectivity index (χ1n) is 5.22. The molecular formula is C12H13BrN2OS. The number of halogens is 1. The molecule has 2 rings (SSSR count). The first-order chi connectivity index (χ1) is 8.19. The Bertz CT molecular complexity index is 513. The van der Waals surface area contributed by atoms with Gasteiger partial charge in [-0.1, -0.05) is 22.0 Å². The molecule has 17 heavy (non-hydrogen) atoms. The van der Waals surface area contributed by atoms with Gasteiger partial charge in [0.25, 0.3) is 5.22 Å². The molecule has 0 spiro atoms. The van der Waals surface area contributed by atoms with Crippen molar-refractivity contribution in [2.24, 2.45) is 0 Å². The van der Waals surface area contributed by atoms with Gasteiger partial charge < -0.3 is 9.73 Å². The van der Waals surface area contributed by atoms with Gasteiger partial charge in [0.2, 0.25) is 0 Å². The molecule has 5 heteroatoms. The van der Waals surface area contributed by atoms with Crippen molar-refractivity contribution >= 4 is 27.7 Å². The lowest BCUT2D eigenvalue weighted by Crippen LogP contribution is -2.05. The number of hydrogen-bond acceptors (Lipinski definition) is 4. The second-order valence-corrected chi connectivity index (χ2v) is 5.52. The van der Waals surface area contributed by atoms with E-state index in [-0.39, 0.29) is 0 Å². The van der Waals surface area contributed by atoms with Crippen molar-refractivity contribution in [2.45, 2.75) is 23.6 Å². The summed E-state index contributed by atoms with van der Waals surface area (Å²) in [4.78, 5) is 5.37. The molecule has 1 heterocycles. The smallest absolute Gasteiger partial charge is 0.260 e. The zero-order valence-electron chi connectivity index (χ0n) is 9.66. The Balaban J connectivity index is 2.14. The molecule has 1 aromatic carbocycles. The monoisotopic (exact) mass is 312 g/mol. The number of nitrogens with zero attached hydrogens (tertiary/aromatic N) is 1. The molecule has 0 fully saturated rings. The maximum absolute atomic E-state index is 5.31. The minimum Gasteiger partial charge on any atom is -0.439 e. The molecule has 0 amide bonds. The largest absolute Gasteiger partial charge is 0.439 e. The normalized spacial score (nSPS) is 10.8. The van der Waals surface area contributed by atoms with Crippen molar-refractivity contribution in [1.29, 1.82) is 0 Å². The van der Waals surface area contributed by atoms with Gasteiger partial charge in [-0.25, -0.2) is 4.98 Å². The van der Waals surface area contributed by atoms with Gasteiger partial charge in [-0.2, -0.15) is 0 Å². The zero-order chi connectivity index (χ0) is 12.3. The second-order valence-electron chi connectivity index (χ2n) is 3.64. The topological polar surface area (TPSA) is 38.1 Å². The highest BCUT2D eigenvalue weighted by Crippen LogP contribution is 2.30. The van der Waals surface area contributed by atoms with E-state index < -0.39 is 0 Å². The summed E-state index contributed by atoms with van der Waals surface area (Å²) in [6.45, 7) is 2.77. The molecule has 0 aliphatic heterocycles. The highest BCUT2D eigenvalue weighted by molar-refractivity contribution is 9.10. The Kier molecular flexibility index (Phi) is 4.25. The minimum absolute atomic E-state index is 0.677. The summed E-state index contributed by atoms with van der Waals surface area (Å²) < 4.78 is 6.41. The SMILES string of the molecule is CNCc1ccc(Sc2nc(C)co2)cc1Br. The van der Waals surface area contributed by atoms with E-state index >= 15 is 0 Å². The molecule has 0 saturated heterocycles. The van der Waals surface area contributed by atoms with Crippen LogP contribution in [0.3, 0.4) is 0 Å². The van der Waals surface area contributed by atoms with E-state index in [9.17, 15) is 0 Å². The Morgan fingerprint density at radius 3 is 2.88 bits per heavy atom. The molecule has 0 radical (unpaired) electrons. The average molecular weight is 313 g/mol. The number of hydrogen-bond donors (Lipinski definition) is 1. The van der Waals surface area contributed by atoms with Crippen LogP contribution in [0.5, 0.6) is 0 Å². The summed E-state index contributed by atoms with van der Waals surface area (Å²) in [6, 6.07) is 6.25. The third kappa shape index (κ3) is 3.34. The number of oxazole rings is 1. The van der Waals surface area contributed by atoms with Gasteiger partial charge in [-0.3, -0.25) is 0 Å². The van der Waals surface area contributed by atoms with Crippen LogP contribution in [-0.4, -0.2) is 12.0 Å². The number of aromatic nitrogens is 1. The van der Waals surface area contributed by atoms with Crippen molar-refractivity contribution in [3.63, 3.8) is 0 Å². The lowest BCUT2D eigenvalue weighted by atomic mass is 10.2. The van der Waals surface area contributed by atoms with Gasteiger partial charge in [0.05, 0.1) is 5.69 Å². The fraction of sp³-hybridized carbons (Fsp3) is 0.250. The van der Waals surface area contributed by atoms with E-state index in [1.807, 2.05) is 14.0 Å². The van der Waals surface area contributed by atoms with Gasteiger partial charge >= 0.3 is 0 Å². The number of aryl methyl sites for hydroxylation is 1. The minimum atomic E-state index is 0.677. The van der Waals surface area contributed by atoms with E-state index in [1.54, 1.807) is 6.26 Å². The Morgan fingerprint density at radius 2 is 2.29 bits per heavy atom. The fourth-order valence-corrected chi connectivity index (χ4v) is 2.88. The Hall–Kier alpha value is -0.780. The summed E-state index contributed by atoms with van der Waals surface area (Å²) in [6.07, 6.45) is 1.66. The highest BCUT2D eigenvalue weighted by Gasteiger charge is 2.06. The summed E-state index contributed by atoms with van der Waals surface area (Å²) in [5.41, 5.74) is 2.14. The molecule has 0 atom stereocenters. The predicted octanol–water partition coefficient (Wildman–Crippen LogP) is 3.62. The summed E-state index contributed by atoms with van der Waals surface area (Å²) >= 11 is 5.08. The molecule has 0 aliphatic rings. The zero-order valence-corrected chi connectivity index (χ0v) is 12.1. The van der Waals surface area contributed by atoms with Gasteiger partial charge in [0.1, 0.15) is 6.26 Å². The number of rotatable bonds is 4. The van der Waals surface area contributed by atoms with Crippen LogP contribution in [0, 0.1) is 6.92 Å². The molecule has 2 aromatic rings. The highest BCUT2D eigenvalue weighted by atomic mass is 79.9. The fourth-order valence-electron chi connectivity index (χ4n) is 1.41. The van der Waals surface area contributed by atoms with Crippen LogP contribution < -0.4 is 5.32 Å². The number of nitrogens with one attached hydrogen (secondary N) is 1. The van der Waals surface area contributed by atoms with Crippen LogP contribution in [0.15, 0.2) is 43.5 Å². The van der Waals surface area contributed by atoms with Crippen LogP contribution in [-0.2, 0) is 6.54 Å². The maximum atomic E-state index is 5.31. The van der Waals surface area contributed by atoms with Gasteiger partial charge in [-0.05, 0) is 43.4 Å². The van der Waals surface area contributed by atoms with Crippen molar-refractivity contribution in [1.82, 2.24) is 10.3 Å². The number of benzene rings is 1. The third-order valence-corrected chi connectivity index (χ3v) is 3.78. The summed E-state index contributed by atoms with van der Waals surface area (Å²) in [7, 11) is 1.94. The molecular weight excluding hydrogens is 300 g/mol. The Morgan fingerprint density at radius 1 is 1.47 bits per heavy atom. The van der Waals surface area contributed by atoms with E-state index in [4.69, 9.17) is 4.42 Å². The van der Waals surface area contributed by atoms with Crippen molar-refractivity contribution in [3.05, 3.63) is 40.2 Å². The quantitative estimate of drug-likeness (QED) is 0.935. The predicted molar refractivity (Wildman–Crippen MR) is 72.3 cm³/mol.